The Hall–Kier alpha value is -0.730. The highest BCUT2D eigenvalue weighted by atomic mass is 35.5. The molecule has 114 valence electrons. The Bertz CT molecular complexity index is 404. The minimum Gasteiger partial charge on any atom is -0.373 e. The number of hydrogen-bond acceptors (Lipinski definition) is 2. The summed E-state index contributed by atoms with van der Waals surface area (Å²) in [6.45, 7) is 11.9. The van der Waals surface area contributed by atoms with Gasteiger partial charge in [-0.05, 0) is 30.0 Å². The van der Waals surface area contributed by atoms with Crippen LogP contribution in [0.1, 0.15) is 39.7 Å². The van der Waals surface area contributed by atoms with Crippen molar-refractivity contribution in [3.8, 4) is 0 Å². The third-order valence-electron chi connectivity index (χ3n) is 3.60. The van der Waals surface area contributed by atoms with E-state index in [4.69, 9.17) is 11.6 Å². The maximum absolute atomic E-state index is 6.42. The summed E-state index contributed by atoms with van der Waals surface area (Å²) in [6.07, 6.45) is 1.19. The number of rotatable bonds is 8. The van der Waals surface area contributed by atoms with Gasteiger partial charge in [-0.25, -0.2) is 0 Å². The molecule has 0 saturated carbocycles. The predicted molar refractivity (Wildman–Crippen MR) is 90.7 cm³/mol. The molecule has 20 heavy (non-hydrogen) atoms. The normalized spacial score (nSPS) is 12.8. The number of halogens is 1. The summed E-state index contributed by atoms with van der Waals surface area (Å²) < 4.78 is 0. The van der Waals surface area contributed by atoms with Crippen LogP contribution in [0, 0.1) is 11.8 Å². The SMILES string of the molecule is CCC(C)CN(C)c1c(Cl)cccc1CNCC(C)C. The molecular weight excluding hydrogens is 268 g/mol. The Labute approximate surface area is 129 Å². The molecule has 0 saturated heterocycles. The van der Waals surface area contributed by atoms with Gasteiger partial charge in [0.05, 0.1) is 10.7 Å². The Kier molecular flexibility index (Phi) is 7.39. The summed E-state index contributed by atoms with van der Waals surface area (Å²) in [7, 11) is 2.14. The molecule has 2 nitrogen and oxygen atoms in total. The molecule has 0 amide bonds. The number of nitrogens with one attached hydrogen (secondary N) is 1. The number of anilines is 1. The Morgan fingerprint density at radius 1 is 1.25 bits per heavy atom. The number of benzene rings is 1. The molecular formula is C17H29ClN2. The molecule has 0 radical (unpaired) electrons. The van der Waals surface area contributed by atoms with E-state index in [1.807, 2.05) is 12.1 Å². The van der Waals surface area contributed by atoms with Gasteiger partial charge in [-0.1, -0.05) is 57.8 Å². The maximum atomic E-state index is 6.42. The van der Waals surface area contributed by atoms with E-state index in [9.17, 15) is 0 Å². The fourth-order valence-corrected chi connectivity index (χ4v) is 2.65. The molecule has 0 aliphatic carbocycles. The monoisotopic (exact) mass is 296 g/mol. The molecule has 3 heteroatoms. The summed E-state index contributed by atoms with van der Waals surface area (Å²) in [6, 6.07) is 6.19. The molecule has 0 fully saturated rings. The molecule has 0 heterocycles. The molecule has 0 bridgehead atoms. The van der Waals surface area contributed by atoms with E-state index in [2.05, 4.69) is 51.0 Å². The van der Waals surface area contributed by atoms with Crippen molar-refractivity contribution in [2.75, 3.05) is 25.0 Å². The predicted octanol–water partition coefficient (Wildman–Crippen LogP) is 4.57. The zero-order valence-corrected chi connectivity index (χ0v) is 14.3. The minimum atomic E-state index is 0.662. The Morgan fingerprint density at radius 3 is 2.55 bits per heavy atom. The number of para-hydroxylation sites is 1. The highest BCUT2D eigenvalue weighted by Gasteiger charge is 2.13. The van der Waals surface area contributed by atoms with Crippen LogP contribution in [0.3, 0.4) is 0 Å². The van der Waals surface area contributed by atoms with E-state index in [0.717, 1.165) is 24.7 Å². The quantitative estimate of drug-likeness (QED) is 0.756. The first-order valence-corrected chi connectivity index (χ1v) is 8.02. The van der Waals surface area contributed by atoms with Gasteiger partial charge < -0.3 is 10.2 Å². The largest absolute Gasteiger partial charge is 0.373 e. The molecule has 0 aliphatic heterocycles. The van der Waals surface area contributed by atoms with Crippen molar-refractivity contribution in [2.24, 2.45) is 11.8 Å². The van der Waals surface area contributed by atoms with Crippen LogP contribution in [-0.2, 0) is 6.54 Å². The first kappa shape index (κ1) is 17.3. The smallest absolute Gasteiger partial charge is 0.0642 e. The van der Waals surface area contributed by atoms with Crippen LogP contribution in [0.4, 0.5) is 5.69 Å². The van der Waals surface area contributed by atoms with Gasteiger partial charge in [-0.3, -0.25) is 0 Å². The van der Waals surface area contributed by atoms with Crippen molar-refractivity contribution in [1.29, 1.82) is 0 Å². The molecule has 0 aliphatic rings. The lowest BCUT2D eigenvalue weighted by Gasteiger charge is -2.26. The zero-order valence-electron chi connectivity index (χ0n) is 13.5. The lowest BCUT2D eigenvalue weighted by atomic mass is 10.1. The summed E-state index contributed by atoms with van der Waals surface area (Å²) in [4.78, 5) is 2.29. The van der Waals surface area contributed by atoms with E-state index in [-0.39, 0.29) is 0 Å². The fraction of sp³-hybridized carbons (Fsp3) is 0.647. The number of nitrogens with zero attached hydrogens (tertiary/aromatic N) is 1. The minimum absolute atomic E-state index is 0.662. The van der Waals surface area contributed by atoms with E-state index in [1.165, 1.54) is 17.7 Å². The fourth-order valence-electron chi connectivity index (χ4n) is 2.31. The van der Waals surface area contributed by atoms with Crippen LogP contribution in [0.2, 0.25) is 5.02 Å². The van der Waals surface area contributed by atoms with Crippen molar-refractivity contribution in [3.05, 3.63) is 28.8 Å². The maximum Gasteiger partial charge on any atom is 0.0642 e. The van der Waals surface area contributed by atoms with Crippen LogP contribution < -0.4 is 10.2 Å². The molecule has 1 rings (SSSR count). The third kappa shape index (κ3) is 5.34. The molecule has 1 aromatic rings. The van der Waals surface area contributed by atoms with Crippen LogP contribution in [-0.4, -0.2) is 20.1 Å². The van der Waals surface area contributed by atoms with Crippen LogP contribution in [0.15, 0.2) is 18.2 Å². The third-order valence-corrected chi connectivity index (χ3v) is 3.91. The van der Waals surface area contributed by atoms with Gasteiger partial charge in [-0.15, -0.1) is 0 Å². The van der Waals surface area contributed by atoms with E-state index < -0.39 is 0 Å². The summed E-state index contributed by atoms with van der Waals surface area (Å²) >= 11 is 6.42. The molecule has 0 aromatic heterocycles. The summed E-state index contributed by atoms with van der Waals surface area (Å²) in [5.41, 5.74) is 2.45. The van der Waals surface area contributed by atoms with Gasteiger partial charge >= 0.3 is 0 Å². The standard InChI is InChI=1S/C17H29ClN2/c1-6-14(4)12-20(5)17-15(8-7-9-16(17)18)11-19-10-13(2)3/h7-9,13-14,19H,6,10-12H2,1-5H3. The highest BCUT2D eigenvalue weighted by Crippen LogP contribution is 2.30. The lowest BCUT2D eigenvalue weighted by Crippen LogP contribution is -2.26. The molecule has 1 atom stereocenters. The van der Waals surface area contributed by atoms with E-state index in [1.54, 1.807) is 0 Å². The zero-order chi connectivity index (χ0) is 15.1. The Morgan fingerprint density at radius 2 is 1.95 bits per heavy atom. The molecule has 1 aromatic carbocycles. The van der Waals surface area contributed by atoms with Gasteiger partial charge in [-0.2, -0.15) is 0 Å². The molecule has 1 unspecified atom stereocenters. The second kappa shape index (κ2) is 8.53. The summed E-state index contributed by atoms with van der Waals surface area (Å²) in [5.74, 6) is 1.34. The van der Waals surface area contributed by atoms with E-state index >= 15 is 0 Å². The first-order chi connectivity index (χ1) is 9.45. The van der Waals surface area contributed by atoms with Gasteiger partial charge in [0.2, 0.25) is 0 Å². The van der Waals surface area contributed by atoms with Crippen LogP contribution in [0.5, 0.6) is 0 Å². The van der Waals surface area contributed by atoms with Crippen molar-refractivity contribution >= 4 is 17.3 Å². The van der Waals surface area contributed by atoms with Crippen molar-refractivity contribution < 1.29 is 0 Å². The van der Waals surface area contributed by atoms with E-state index in [0.29, 0.717) is 11.8 Å². The average molecular weight is 297 g/mol. The van der Waals surface area contributed by atoms with Gasteiger partial charge in [0.15, 0.2) is 0 Å². The second-order valence-corrected chi connectivity index (χ2v) is 6.57. The van der Waals surface area contributed by atoms with Crippen molar-refractivity contribution in [1.82, 2.24) is 5.32 Å². The summed E-state index contributed by atoms with van der Waals surface area (Å²) in [5, 5.41) is 4.35. The lowest BCUT2D eigenvalue weighted by molar-refractivity contribution is 0.546. The van der Waals surface area contributed by atoms with Crippen molar-refractivity contribution in [3.63, 3.8) is 0 Å². The topological polar surface area (TPSA) is 15.3 Å². The molecule has 1 N–H and O–H groups in total. The van der Waals surface area contributed by atoms with Crippen LogP contribution in [0.25, 0.3) is 0 Å². The molecule has 0 spiro atoms. The van der Waals surface area contributed by atoms with Crippen LogP contribution >= 0.6 is 11.6 Å². The van der Waals surface area contributed by atoms with Gasteiger partial charge in [0.1, 0.15) is 0 Å². The van der Waals surface area contributed by atoms with Crippen molar-refractivity contribution in [2.45, 2.75) is 40.7 Å². The second-order valence-electron chi connectivity index (χ2n) is 6.17. The first-order valence-electron chi connectivity index (χ1n) is 7.64. The Balaban J connectivity index is 2.81. The highest BCUT2D eigenvalue weighted by molar-refractivity contribution is 6.33. The van der Waals surface area contributed by atoms with Gasteiger partial charge in [0, 0.05) is 20.1 Å². The van der Waals surface area contributed by atoms with Gasteiger partial charge in [0.25, 0.3) is 0 Å². The number of hydrogen-bond donors (Lipinski definition) is 1. The average Bonchev–Trinajstić information content (AvgIpc) is 2.38.